The van der Waals surface area contributed by atoms with Crippen LogP contribution in [0.25, 0.3) is 0 Å². The molecule has 3 aromatic rings. The number of ether oxygens (including phenoxy) is 1. The van der Waals surface area contributed by atoms with Gasteiger partial charge in [0.15, 0.2) is 6.61 Å². The molecule has 0 atom stereocenters. The van der Waals surface area contributed by atoms with Crippen molar-refractivity contribution < 1.29 is 17.9 Å². The van der Waals surface area contributed by atoms with E-state index in [1.54, 1.807) is 48.5 Å². The predicted molar refractivity (Wildman–Crippen MR) is 140 cm³/mol. The monoisotopic (exact) mass is 513 g/mol. The summed E-state index contributed by atoms with van der Waals surface area (Å²) in [5.74, 6) is 0.437. The van der Waals surface area contributed by atoms with Crippen molar-refractivity contribution in [3.8, 4) is 5.75 Å². The zero-order valence-corrected chi connectivity index (χ0v) is 21.1. The first kappa shape index (κ1) is 24.9. The molecular formula is C26H28ClN3O4S. The Bertz CT molecular complexity index is 1230. The van der Waals surface area contributed by atoms with Crippen molar-refractivity contribution in [3.63, 3.8) is 0 Å². The van der Waals surface area contributed by atoms with Gasteiger partial charge in [0.2, 0.25) is 10.0 Å². The van der Waals surface area contributed by atoms with Crippen LogP contribution in [0, 0.1) is 0 Å². The second kappa shape index (κ2) is 11.0. The second-order valence-electron chi connectivity index (χ2n) is 8.38. The molecule has 0 saturated carbocycles. The molecule has 1 amide bonds. The summed E-state index contributed by atoms with van der Waals surface area (Å²) in [5, 5.41) is 0.591. The first-order valence-corrected chi connectivity index (χ1v) is 13.5. The Morgan fingerprint density at radius 3 is 2.14 bits per heavy atom. The number of anilines is 2. The topological polar surface area (TPSA) is 70.2 Å². The number of piperazine rings is 1. The molecule has 0 radical (unpaired) electrons. The van der Waals surface area contributed by atoms with Crippen molar-refractivity contribution in [3.05, 3.63) is 89.4 Å². The third-order valence-electron chi connectivity index (χ3n) is 5.88. The van der Waals surface area contributed by atoms with E-state index in [2.05, 4.69) is 17.0 Å². The van der Waals surface area contributed by atoms with Crippen LogP contribution in [0.1, 0.15) is 5.56 Å². The molecule has 9 heteroatoms. The normalized spacial score (nSPS) is 14.0. The summed E-state index contributed by atoms with van der Waals surface area (Å²) in [6.07, 6.45) is 1.17. The van der Waals surface area contributed by atoms with Gasteiger partial charge in [0.05, 0.1) is 18.5 Å². The van der Waals surface area contributed by atoms with Gasteiger partial charge in [0.1, 0.15) is 5.75 Å². The number of benzene rings is 3. The van der Waals surface area contributed by atoms with Crippen LogP contribution in [0.3, 0.4) is 0 Å². The summed E-state index contributed by atoms with van der Waals surface area (Å²) < 4.78 is 31.8. The molecule has 0 aliphatic carbocycles. The highest BCUT2D eigenvalue weighted by molar-refractivity contribution is 7.92. The minimum atomic E-state index is -3.51. The Kier molecular flexibility index (Phi) is 7.83. The van der Waals surface area contributed by atoms with Crippen molar-refractivity contribution in [1.82, 2.24) is 4.90 Å². The van der Waals surface area contributed by atoms with Crippen molar-refractivity contribution in [1.29, 1.82) is 0 Å². The highest BCUT2D eigenvalue weighted by Crippen LogP contribution is 2.24. The molecular weight excluding hydrogens is 486 g/mol. The summed E-state index contributed by atoms with van der Waals surface area (Å²) in [4.78, 5) is 16.7. The lowest BCUT2D eigenvalue weighted by molar-refractivity contribution is -0.133. The molecule has 0 unspecified atom stereocenters. The summed E-state index contributed by atoms with van der Waals surface area (Å²) in [6, 6.07) is 23.9. The maximum Gasteiger partial charge on any atom is 0.260 e. The number of carbonyl (C=O) groups excluding carboxylic acids is 1. The number of nitrogens with zero attached hydrogens (tertiary/aromatic N) is 3. The largest absolute Gasteiger partial charge is 0.484 e. The summed E-state index contributed by atoms with van der Waals surface area (Å²) in [6.45, 7) is 2.96. The molecule has 1 heterocycles. The lowest BCUT2D eigenvalue weighted by Crippen LogP contribution is -2.50. The van der Waals surface area contributed by atoms with Crippen LogP contribution in [-0.4, -0.2) is 58.3 Å². The number of halogens is 1. The van der Waals surface area contributed by atoms with Gasteiger partial charge in [-0.15, -0.1) is 0 Å². The molecule has 1 saturated heterocycles. The molecule has 0 aromatic heterocycles. The lowest BCUT2D eigenvalue weighted by atomic mass is 10.2. The quantitative estimate of drug-likeness (QED) is 0.455. The Labute approximate surface area is 211 Å². The maximum atomic E-state index is 12.6. The molecule has 3 aromatic carbocycles. The standard InChI is InChI=1S/C26H28ClN3O4S/c1-35(32,33)30(19-21-7-9-22(27)10-8-21)24-11-13-25(14-12-24)34-20-26(31)29-17-15-28(16-18-29)23-5-3-2-4-6-23/h2-14H,15-20H2,1H3. The minimum Gasteiger partial charge on any atom is -0.484 e. The molecule has 1 aliphatic rings. The number of hydrogen-bond acceptors (Lipinski definition) is 5. The average Bonchev–Trinajstić information content (AvgIpc) is 2.87. The van der Waals surface area contributed by atoms with E-state index >= 15 is 0 Å². The fourth-order valence-electron chi connectivity index (χ4n) is 3.95. The number of hydrogen-bond donors (Lipinski definition) is 0. The van der Waals surface area contributed by atoms with Crippen molar-refractivity contribution >= 4 is 38.9 Å². The number of rotatable bonds is 8. The van der Waals surface area contributed by atoms with Gasteiger partial charge < -0.3 is 14.5 Å². The van der Waals surface area contributed by atoms with Gasteiger partial charge in [-0.2, -0.15) is 0 Å². The Morgan fingerprint density at radius 1 is 0.914 bits per heavy atom. The predicted octanol–water partition coefficient (Wildman–Crippen LogP) is 4.03. The molecule has 1 fully saturated rings. The smallest absolute Gasteiger partial charge is 0.260 e. The molecule has 7 nitrogen and oxygen atoms in total. The van der Waals surface area contributed by atoms with Crippen molar-refractivity contribution in [2.24, 2.45) is 0 Å². The molecule has 0 N–H and O–H groups in total. The molecule has 1 aliphatic heterocycles. The Hall–Kier alpha value is -3.23. The van der Waals surface area contributed by atoms with Gasteiger partial charge in [-0.05, 0) is 54.1 Å². The fraction of sp³-hybridized carbons (Fsp3) is 0.269. The van der Waals surface area contributed by atoms with Crippen LogP contribution in [-0.2, 0) is 21.4 Å². The first-order valence-electron chi connectivity index (χ1n) is 11.3. The number of sulfonamides is 1. The molecule has 4 rings (SSSR count). The van der Waals surface area contributed by atoms with Crippen LogP contribution in [0.2, 0.25) is 5.02 Å². The van der Waals surface area contributed by atoms with Crippen LogP contribution < -0.4 is 13.9 Å². The van der Waals surface area contributed by atoms with Gasteiger partial charge in [-0.1, -0.05) is 41.9 Å². The van der Waals surface area contributed by atoms with Crippen LogP contribution in [0.5, 0.6) is 5.75 Å². The Morgan fingerprint density at radius 2 is 1.54 bits per heavy atom. The third-order valence-corrected chi connectivity index (χ3v) is 7.27. The van der Waals surface area contributed by atoms with E-state index in [9.17, 15) is 13.2 Å². The maximum absolute atomic E-state index is 12.6. The first-order chi connectivity index (χ1) is 16.8. The third kappa shape index (κ3) is 6.68. The molecule has 0 spiro atoms. The molecule has 0 bridgehead atoms. The Balaban J connectivity index is 1.32. The molecule has 184 valence electrons. The summed E-state index contributed by atoms with van der Waals surface area (Å²) >= 11 is 5.93. The van der Waals surface area contributed by atoms with Gasteiger partial charge >= 0.3 is 0 Å². The second-order valence-corrected chi connectivity index (χ2v) is 10.7. The highest BCUT2D eigenvalue weighted by atomic mass is 35.5. The molecule has 35 heavy (non-hydrogen) atoms. The van der Waals surface area contributed by atoms with E-state index in [-0.39, 0.29) is 19.1 Å². The van der Waals surface area contributed by atoms with E-state index in [1.165, 1.54) is 10.6 Å². The summed E-state index contributed by atoms with van der Waals surface area (Å²) in [5.41, 5.74) is 2.49. The number of amides is 1. The number of carbonyl (C=O) groups is 1. The van der Waals surface area contributed by atoms with Crippen LogP contribution in [0.4, 0.5) is 11.4 Å². The fourth-order valence-corrected chi connectivity index (χ4v) is 4.97. The van der Waals surface area contributed by atoms with Crippen LogP contribution in [0.15, 0.2) is 78.9 Å². The van der Waals surface area contributed by atoms with Gasteiger partial charge in [0.25, 0.3) is 5.91 Å². The van der Waals surface area contributed by atoms with Gasteiger partial charge in [-0.25, -0.2) is 8.42 Å². The zero-order chi connectivity index (χ0) is 24.8. The van der Waals surface area contributed by atoms with E-state index in [0.717, 1.165) is 24.3 Å². The lowest BCUT2D eigenvalue weighted by Gasteiger charge is -2.36. The van der Waals surface area contributed by atoms with Crippen molar-refractivity contribution in [2.45, 2.75) is 6.54 Å². The average molecular weight is 514 g/mol. The summed E-state index contributed by atoms with van der Waals surface area (Å²) in [7, 11) is -3.51. The number of para-hydroxylation sites is 1. The van der Waals surface area contributed by atoms with Crippen molar-refractivity contribution in [2.75, 3.05) is 48.2 Å². The van der Waals surface area contributed by atoms with E-state index in [0.29, 0.717) is 29.5 Å². The van der Waals surface area contributed by atoms with E-state index < -0.39 is 10.0 Å². The highest BCUT2D eigenvalue weighted by Gasteiger charge is 2.22. The van der Waals surface area contributed by atoms with Gasteiger partial charge in [0, 0.05) is 36.9 Å². The zero-order valence-electron chi connectivity index (χ0n) is 19.5. The van der Waals surface area contributed by atoms with E-state index in [4.69, 9.17) is 16.3 Å². The van der Waals surface area contributed by atoms with Crippen LogP contribution >= 0.6 is 11.6 Å². The minimum absolute atomic E-state index is 0.0642. The SMILES string of the molecule is CS(=O)(=O)N(Cc1ccc(Cl)cc1)c1ccc(OCC(=O)N2CCN(c3ccccc3)CC2)cc1. The van der Waals surface area contributed by atoms with E-state index in [1.807, 2.05) is 23.1 Å². The van der Waals surface area contributed by atoms with Gasteiger partial charge in [-0.3, -0.25) is 9.10 Å².